The van der Waals surface area contributed by atoms with Crippen LogP contribution < -0.4 is 4.74 Å². The van der Waals surface area contributed by atoms with E-state index in [-0.39, 0.29) is 23.9 Å². The molecule has 0 fully saturated rings. The highest BCUT2D eigenvalue weighted by molar-refractivity contribution is 7.99. The molecule has 2 rings (SSSR count). The van der Waals surface area contributed by atoms with Crippen LogP contribution in [0.1, 0.15) is 12.0 Å². The van der Waals surface area contributed by atoms with Gasteiger partial charge in [-0.25, -0.2) is 8.78 Å². The van der Waals surface area contributed by atoms with Crippen LogP contribution >= 0.6 is 11.8 Å². The number of carbonyl (C=O) groups excluding carboxylic acids is 1. The lowest BCUT2D eigenvalue weighted by atomic mass is 10.2. The van der Waals surface area contributed by atoms with Crippen LogP contribution in [0.5, 0.6) is 5.75 Å². The minimum absolute atomic E-state index is 0.0740. The van der Waals surface area contributed by atoms with Crippen LogP contribution in [0.3, 0.4) is 0 Å². The van der Waals surface area contributed by atoms with E-state index in [1.807, 2.05) is 0 Å². The Morgan fingerprint density at radius 3 is 2.58 bits per heavy atom. The number of ether oxygens (including phenoxy) is 1. The van der Waals surface area contributed by atoms with Crippen LogP contribution in [-0.2, 0) is 11.3 Å². The molecule has 0 spiro atoms. The Kier molecular flexibility index (Phi) is 6.61. The fourth-order valence-corrected chi connectivity index (χ4v) is 3.05. The fourth-order valence-electron chi connectivity index (χ4n) is 2.17. The van der Waals surface area contributed by atoms with E-state index in [0.29, 0.717) is 22.8 Å². The molecule has 0 aromatic heterocycles. The molecule has 3 nitrogen and oxygen atoms in total. The Balaban J connectivity index is 1.84. The lowest BCUT2D eigenvalue weighted by molar-refractivity contribution is -0.129. The Hall–Kier alpha value is -2.08. The minimum Gasteiger partial charge on any atom is -0.494 e. The largest absolute Gasteiger partial charge is 0.494 e. The summed E-state index contributed by atoms with van der Waals surface area (Å²) in [5.41, 5.74) is 0.686. The fraction of sp³-hybridized carbons (Fsp3) is 0.278. The number of hydrogen-bond acceptors (Lipinski definition) is 3. The highest BCUT2D eigenvalue weighted by Gasteiger charge is 2.12. The molecule has 24 heavy (non-hydrogen) atoms. The van der Waals surface area contributed by atoms with E-state index >= 15 is 0 Å². The monoisotopic (exact) mass is 351 g/mol. The quantitative estimate of drug-likeness (QED) is 0.703. The molecule has 0 bridgehead atoms. The van der Waals surface area contributed by atoms with Gasteiger partial charge in [0.2, 0.25) is 5.91 Å². The molecule has 0 saturated heterocycles. The Bertz CT molecular complexity index is 709. The molecule has 0 N–H and O–H groups in total. The first-order valence-corrected chi connectivity index (χ1v) is 8.43. The second-order valence-corrected chi connectivity index (χ2v) is 6.38. The molecule has 0 aliphatic carbocycles. The van der Waals surface area contributed by atoms with Crippen molar-refractivity contribution < 1.29 is 18.3 Å². The number of hydrogen-bond donors (Lipinski definition) is 0. The Labute approximate surface area is 144 Å². The average Bonchev–Trinajstić information content (AvgIpc) is 2.56. The second kappa shape index (κ2) is 8.68. The topological polar surface area (TPSA) is 29.5 Å². The summed E-state index contributed by atoms with van der Waals surface area (Å²) in [6.07, 6.45) is 0.286. The molecular formula is C18H19F2NO2S. The van der Waals surface area contributed by atoms with Crippen molar-refractivity contribution in [3.8, 4) is 5.75 Å². The minimum atomic E-state index is -0.453. The molecule has 0 saturated carbocycles. The van der Waals surface area contributed by atoms with Crippen molar-refractivity contribution in [1.82, 2.24) is 4.90 Å². The molecular weight excluding hydrogens is 332 g/mol. The summed E-state index contributed by atoms with van der Waals surface area (Å²) >= 11 is 1.31. The summed E-state index contributed by atoms with van der Waals surface area (Å²) < 4.78 is 32.0. The number of benzene rings is 2. The zero-order chi connectivity index (χ0) is 17.5. The first-order chi connectivity index (χ1) is 11.5. The highest BCUT2D eigenvalue weighted by Crippen LogP contribution is 2.22. The standard InChI is InChI=1S/C18H19F2NO2S/c1-21(12-13-7-8-16(23-2)15(20)11-13)18(22)9-10-24-17-6-4-3-5-14(17)19/h3-8,11H,9-10,12H2,1-2H3. The third-order valence-corrected chi connectivity index (χ3v) is 4.52. The summed E-state index contributed by atoms with van der Waals surface area (Å²) in [5, 5.41) is 0. The van der Waals surface area contributed by atoms with Crippen molar-refractivity contribution in [2.45, 2.75) is 17.9 Å². The number of carbonyl (C=O) groups is 1. The number of amides is 1. The molecule has 0 aliphatic heterocycles. The van der Waals surface area contributed by atoms with Gasteiger partial charge in [-0.1, -0.05) is 18.2 Å². The van der Waals surface area contributed by atoms with E-state index in [9.17, 15) is 13.6 Å². The van der Waals surface area contributed by atoms with Crippen LogP contribution in [-0.4, -0.2) is 30.7 Å². The van der Waals surface area contributed by atoms with E-state index in [4.69, 9.17) is 4.74 Å². The van der Waals surface area contributed by atoms with Crippen molar-refractivity contribution in [3.05, 3.63) is 59.7 Å². The molecule has 0 atom stereocenters. The third-order valence-electron chi connectivity index (χ3n) is 3.47. The van der Waals surface area contributed by atoms with Gasteiger partial charge in [0, 0.05) is 30.7 Å². The zero-order valence-electron chi connectivity index (χ0n) is 13.6. The van der Waals surface area contributed by atoms with Crippen molar-refractivity contribution in [3.63, 3.8) is 0 Å². The van der Waals surface area contributed by atoms with Crippen LogP contribution in [0.25, 0.3) is 0 Å². The molecule has 0 radical (unpaired) electrons. The molecule has 0 unspecified atom stereocenters. The highest BCUT2D eigenvalue weighted by atomic mass is 32.2. The molecule has 2 aromatic carbocycles. The van der Waals surface area contributed by atoms with Crippen molar-refractivity contribution in [1.29, 1.82) is 0 Å². The molecule has 1 amide bonds. The van der Waals surface area contributed by atoms with E-state index in [2.05, 4.69) is 0 Å². The van der Waals surface area contributed by atoms with Gasteiger partial charge in [0.05, 0.1) is 7.11 Å². The Morgan fingerprint density at radius 2 is 1.92 bits per heavy atom. The van der Waals surface area contributed by atoms with Gasteiger partial charge in [-0.3, -0.25) is 4.79 Å². The van der Waals surface area contributed by atoms with Gasteiger partial charge in [0.1, 0.15) is 5.82 Å². The van der Waals surface area contributed by atoms with Gasteiger partial charge in [0.25, 0.3) is 0 Å². The van der Waals surface area contributed by atoms with Crippen LogP contribution in [0.2, 0.25) is 0 Å². The molecule has 0 aliphatic rings. The number of methoxy groups -OCH3 is 1. The second-order valence-electron chi connectivity index (χ2n) is 5.25. The normalized spacial score (nSPS) is 10.5. The van der Waals surface area contributed by atoms with E-state index in [1.54, 1.807) is 31.3 Å². The molecule has 6 heteroatoms. The predicted octanol–water partition coefficient (Wildman–Crippen LogP) is 4.11. The van der Waals surface area contributed by atoms with E-state index in [0.717, 1.165) is 0 Å². The van der Waals surface area contributed by atoms with Gasteiger partial charge in [-0.15, -0.1) is 11.8 Å². The third kappa shape index (κ3) is 4.96. The zero-order valence-corrected chi connectivity index (χ0v) is 14.4. The smallest absolute Gasteiger partial charge is 0.223 e. The maximum atomic E-state index is 13.7. The lowest BCUT2D eigenvalue weighted by Gasteiger charge is -2.17. The SMILES string of the molecule is COc1ccc(CN(C)C(=O)CCSc2ccccc2F)cc1F. The maximum Gasteiger partial charge on any atom is 0.223 e. The summed E-state index contributed by atoms with van der Waals surface area (Å²) in [6.45, 7) is 0.310. The first kappa shape index (κ1) is 18.3. The molecule has 128 valence electrons. The summed E-state index contributed by atoms with van der Waals surface area (Å²) in [7, 11) is 3.07. The van der Waals surface area contributed by atoms with E-state index < -0.39 is 5.82 Å². The number of nitrogens with zero attached hydrogens (tertiary/aromatic N) is 1. The van der Waals surface area contributed by atoms with Crippen molar-refractivity contribution >= 4 is 17.7 Å². The lowest BCUT2D eigenvalue weighted by Crippen LogP contribution is -2.26. The molecule has 0 heterocycles. The van der Waals surface area contributed by atoms with Gasteiger partial charge in [-0.05, 0) is 29.8 Å². The van der Waals surface area contributed by atoms with Gasteiger partial charge in [-0.2, -0.15) is 0 Å². The number of rotatable bonds is 7. The maximum absolute atomic E-state index is 13.7. The number of thioether (sulfide) groups is 1. The van der Waals surface area contributed by atoms with Crippen molar-refractivity contribution in [2.75, 3.05) is 19.9 Å². The Morgan fingerprint density at radius 1 is 1.17 bits per heavy atom. The molecule has 2 aromatic rings. The number of halogens is 2. The summed E-state index contributed by atoms with van der Waals surface area (Å²) in [6, 6.07) is 11.1. The van der Waals surface area contributed by atoms with Gasteiger partial charge >= 0.3 is 0 Å². The van der Waals surface area contributed by atoms with Crippen LogP contribution in [0, 0.1) is 11.6 Å². The predicted molar refractivity (Wildman–Crippen MR) is 91.2 cm³/mol. The van der Waals surface area contributed by atoms with Gasteiger partial charge < -0.3 is 9.64 Å². The van der Waals surface area contributed by atoms with E-state index in [1.165, 1.54) is 42.0 Å². The summed E-state index contributed by atoms with van der Waals surface area (Å²) in [4.78, 5) is 14.2. The summed E-state index contributed by atoms with van der Waals surface area (Å²) in [5.74, 6) is -0.145. The van der Waals surface area contributed by atoms with Gasteiger partial charge in [0.15, 0.2) is 11.6 Å². The average molecular weight is 351 g/mol. The first-order valence-electron chi connectivity index (χ1n) is 7.45. The van der Waals surface area contributed by atoms with Crippen molar-refractivity contribution in [2.24, 2.45) is 0 Å². The van der Waals surface area contributed by atoms with Crippen LogP contribution in [0.15, 0.2) is 47.4 Å². The van der Waals surface area contributed by atoms with Crippen LogP contribution in [0.4, 0.5) is 8.78 Å².